The van der Waals surface area contributed by atoms with Crippen molar-refractivity contribution in [3.63, 3.8) is 0 Å². The highest BCUT2D eigenvalue weighted by Gasteiger charge is 2.52. The molecule has 0 aliphatic heterocycles. The van der Waals surface area contributed by atoms with E-state index in [-0.39, 0.29) is 0 Å². The Labute approximate surface area is 477 Å². The number of rotatable bonds is 8. The third-order valence-electron chi connectivity index (χ3n) is 18.1. The van der Waals surface area contributed by atoms with Crippen LogP contribution in [0, 0.1) is 0 Å². The first-order valence-corrected chi connectivity index (χ1v) is 28.4. The number of fused-ring (bicyclic) bond motifs is 16. The molecule has 17 rings (SSSR count). The number of hydrogen-bond donors (Lipinski definition) is 0. The van der Waals surface area contributed by atoms with Gasteiger partial charge in [0.05, 0.1) is 22.0 Å². The van der Waals surface area contributed by atoms with Crippen LogP contribution >= 0.6 is 0 Å². The second-order valence-electron chi connectivity index (χ2n) is 22.1. The summed E-state index contributed by atoms with van der Waals surface area (Å²) in [5, 5.41) is 7.89. The first-order valence-electron chi connectivity index (χ1n) is 28.4. The summed E-state index contributed by atoms with van der Waals surface area (Å²) < 4.78 is 2.21. The summed E-state index contributed by atoms with van der Waals surface area (Å²) in [4.78, 5) is 2.53. The molecule has 0 atom stereocenters. The summed E-state index contributed by atoms with van der Waals surface area (Å²) in [5.41, 5.74) is 27.3. The Morgan fingerprint density at radius 3 is 1.17 bits per heavy atom. The number of benzene rings is 12. The average molecular weight is 1040 g/mol. The second kappa shape index (κ2) is 18.0. The second-order valence-corrected chi connectivity index (χ2v) is 22.1. The molecule has 382 valence electrons. The van der Waals surface area contributed by atoms with Crippen molar-refractivity contribution >= 4 is 33.4 Å². The van der Waals surface area contributed by atoms with Crippen molar-refractivity contribution in [2.24, 2.45) is 0 Å². The fourth-order valence-corrected chi connectivity index (χ4v) is 14.8. The Bertz CT molecular complexity index is 4640. The van der Waals surface area contributed by atoms with Crippen molar-refractivity contribution in [1.29, 1.82) is 0 Å². The van der Waals surface area contributed by atoms with Crippen molar-refractivity contribution in [2.75, 3.05) is 4.90 Å². The Balaban J connectivity index is 0.980. The molecule has 3 nitrogen and oxygen atoms in total. The molecule has 0 unspecified atom stereocenters. The van der Waals surface area contributed by atoms with Crippen LogP contribution in [0.25, 0.3) is 83.3 Å². The van der Waals surface area contributed by atoms with E-state index in [0.29, 0.717) is 0 Å². The highest BCUT2D eigenvalue weighted by Crippen LogP contribution is 2.64. The average Bonchev–Trinajstić information content (AvgIpc) is 2.76. The van der Waals surface area contributed by atoms with E-state index >= 15 is 0 Å². The maximum absolute atomic E-state index is 5.65. The van der Waals surface area contributed by atoms with Crippen molar-refractivity contribution in [2.45, 2.75) is 10.8 Å². The van der Waals surface area contributed by atoms with E-state index in [4.69, 9.17) is 5.10 Å². The third kappa shape index (κ3) is 6.45. The molecule has 0 amide bonds. The van der Waals surface area contributed by atoms with Crippen LogP contribution in [0.2, 0.25) is 0 Å². The zero-order valence-corrected chi connectivity index (χ0v) is 44.8. The largest absolute Gasteiger partial charge is 0.310 e. The summed E-state index contributed by atoms with van der Waals surface area (Å²) >= 11 is 0. The number of aromatic nitrogens is 2. The Hall–Kier alpha value is -10.6. The Morgan fingerprint density at radius 1 is 0.293 bits per heavy atom. The number of hydrogen-bond acceptors (Lipinski definition) is 2. The molecule has 0 saturated heterocycles. The van der Waals surface area contributed by atoms with Gasteiger partial charge in [-0.1, -0.05) is 267 Å². The van der Waals surface area contributed by atoms with Gasteiger partial charge < -0.3 is 4.90 Å². The lowest BCUT2D eigenvalue weighted by Crippen LogP contribution is -2.28. The first-order chi connectivity index (χ1) is 40.7. The van der Waals surface area contributed by atoms with Gasteiger partial charge in [-0.05, 0) is 131 Å². The maximum Gasteiger partial charge on any atom is 0.101 e. The number of nitrogens with zero attached hydrogens (tertiary/aromatic N) is 3. The lowest BCUT2D eigenvalue weighted by Gasteiger charge is -2.35. The number of anilines is 3. The van der Waals surface area contributed by atoms with Crippen LogP contribution in [-0.2, 0) is 10.8 Å². The smallest absolute Gasteiger partial charge is 0.101 e. The van der Waals surface area contributed by atoms with Gasteiger partial charge in [0.15, 0.2) is 0 Å². The van der Waals surface area contributed by atoms with Crippen LogP contribution < -0.4 is 4.90 Å². The van der Waals surface area contributed by atoms with E-state index in [9.17, 15) is 0 Å². The highest BCUT2D eigenvalue weighted by molar-refractivity contribution is 6.10. The standard InChI is InChI=1S/C79H51N3/c1-6-24-52(25-7-1)74-48-55-42-43-58(49-67(55)77-75(53-26-8-2-9-27-53)76(80-82(74)77)54-28-10-3-11-29-54)81(59-44-46-65-63-36-16-20-38-68(63)78(72(65)50-59,56-30-12-4-13-31-56)57-32-14-5-15-33-57)60-45-47-66-64-37-19-23-41-71(64)79(73(66)51-60)69-39-21-17-34-61(69)62-35-18-22-40-70(62)79/h1-51H. The van der Waals surface area contributed by atoms with E-state index in [1.54, 1.807) is 0 Å². The lowest BCUT2D eigenvalue weighted by atomic mass is 9.67. The van der Waals surface area contributed by atoms with Crippen molar-refractivity contribution < 1.29 is 0 Å². The molecule has 0 saturated carbocycles. The summed E-state index contributed by atoms with van der Waals surface area (Å²) in [6.45, 7) is 0. The van der Waals surface area contributed by atoms with Gasteiger partial charge in [-0.3, -0.25) is 0 Å². The lowest BCUT2D eigenvalue weighted by molar-refractivity contribution is 0.768. The van der Waals surface area contributed by atoms with Crippen LogP contribution in [0.1, 0.15) is 44.5 Å². The van der Waals surface area contributed by atoms with E-state index in [1.807, 2.05) is 0 Å². The van der Waals surface area contributed by atoms with Gasteiger partial charge in [0.25, 0.3) is 0 Å². The molecule has 82 heavy (non-hydrogen) atoms. The predicted molar refractivity (Wildman–Crippen MR) is 337 cm³/mol. The van der Waals surface area contributed by atoms with Crippen molar-refractivity contribution in [1.82, 2.24) is 9.61 Å². The van der Waals surface area contributed by atoms with E-state index in [1.165, 1.54) is 77.9 Å². The zero-order valence-electron chi connectivity index (χ0n) is 44.8. The fourth-order valence-electron chi connectivity index (χ4n) is 14.8. The van der Waals surface area contributed by atoms with Crippen LogP contribution in [0.5, 0.6) is 0 Å². The van der Waals surface area contributed by atoms with Gasteiger partial charge in [0, 0.05) is 39.1 Å². The third-order valence-corrected chi connectivity index (χ3v) is 18.1. The molecule has 3 aliphatic rings. The predicted octanol–water partition coefficient (Wildman–Crippen LogP) is 19.7. The van der Waals surface area contributed by atoms with Crippen LogP contribution in [0.3, 0.4) is 0 Å². The van der Waals surface area contributed by atoms with Crippen LogP contribution in [-0.4, -0.2) is 9.61 Å². The molecule has 2 aromatic heterocycles. The molecule has 12 aromatic carbocycles. The van der Waals surface area contributed by atoms with Crippen LogP contribution in [0.4, 0.5) is 17.1 Å². The fraction of sp³-hybridized carbons (Fsp3) is 0.0253. The van der Waals surface area contributed by atoms with Gasteiger partial charge >= 0.3 is 0 Å². The first kappa shape index (κ1) is 46.3. The maximum atomic E-state index is 5.65. The van der Waals surface area contributed by atoms with Gasteiger partial charge in [-0.2, -0.15) is 5.10 Å². The van der Waals surface area contributed by atoms with Gasteiger partial charge in [0.2, 0.25) is 0 Å². The molecule has 14 aromatic rings. The van der Waals surface area contributed by atoms with E-state index in [2.05, 4.69) is 319 Å². The summed E-state index contributed by atoms with van der Waals surface area (Å²) in [6, 6.07) is 115. The van der Waals surface area contributed by atoms with E-state index in [0.717, 1.165) is 67.0 Å². The van der Waals surface area contributed by atoms with Gasteiger partial charge in [-0.15, -0.1) is 0 Å². The molecule has 0 radical (unpaired) electrons. The molecule has 3 heteroatoms. The van der Waals surface area contributed by atoms with Gasteiger partial charge in [0.1, 0.15) is 5.69 Å². The normalized spacial score (nSPS) is 13.6. The molecule has 0 bridgehead atoms. The summed E-state index contributed by atoms with van der Waals surface area (Å²) in [7, 11) is 0. The topological polar surface area (TPSA) is 20.5 Å². The van der Waals surface area contributed by atoms with Crippen molar-refractivity contribution in [3.8, 4) is 67.0 Å². The summed E-state index contributed by atoms with van der Waals surface area (Å²) in [6.07, 6.45) is 0. The molecule has 0 N–H and O–H groups in total. The highest BCUT2D eigenvalue weighted by atomic mass is 15.2. The van der Waals surface area contributed by atoms with Crippen LogP contribution in [0.15, 0.2) is 309 Å². The van der Waals surface area contributed by atoms with Gasteiger partial charge in [-0.25, -0.2) is 4.52 Å². The number of pyridine rings is 1. The molecule has 3 aliphatic carbocycles. The molecular formula is C79H51N3. The zero-order chi connectivity index (χ0) is 53.9. The monoisotopic (exact) mass is 1040 g/mol. The van der Waals surface area contributed by atoms with E-state index < -0.39 is 10.8 Å². The Morgan fingerprint density at radius 2 is 0.671 bits per heavy atom. The summed E-state index contributed by atoms with van der Waals surface area (Å²) in [5.74, 6) is 0. The Kier molecular flexibility index (Phi) is 10.1. The SMILES string of the molecule is c1ccc(-c2nn3c(-c4ccccc4)cc4ccc(N(c5ccc6c(c5)C(c5ccccc5)(c5ccccc5)c5ccccc5-6)c5ccc6c(c5)C5(c7ccccc7-c7ccccc75)c5ccccc5-6)cc4c3c2-c2ccccc2)cc1. The minimum atomic E-state index is -0.601. The minimum Gasteiger partial charge on any atom is -0.310 e. The minimum absolute atomic E-state index is 0.532. The molecule has 1 spiro atoms. The molecule has 0 fully saturated rings. The molecular weight excluding hydrogens is 991 g/mol. The quantitative estimate of drug-likeness (QED) is 0.151. The molecule has 2 heterocycles. The van der Waals surface area contributed by atoms with Crippen molar-refractivity contribution in [3.05, 3.63) is 354 Å².